The van der Waals surface area contributed by atoms with E-state index in [1.165, 1.54) is 0 Å². The summed E-state index contributed by atoms with van der Waals surface area (Å²) in [5.74, 6) is -0.950. The largest absolute Gasteiger partial charge is 0.458 e. The van der Waals surface area contributed by atoms with E-state index in [9.17, 15) is 13.2 Å². The highest BCUT2D eigenvalue weighted by atomic mass is 32.2. The van der Waals surface area contributed by atoms with Crippen LogP contribution in [0.3, 0.4) is 0 Å². The summed E-state index contributed by atoms with van der Waals surface area (Å²) >= 11 is 0. The molecule has 0 bridgehead atoms. The first kappa shape index (κ1) is 10.2. The van der Waals surface area contributed by atoms with E-state index in [1.54, 1.807) is 0 Å². The third-order valence-corrected chi connectivity index (χ3v) is 3.51. The van der Waals surface area contributed by atoms with E-state index in [0.29, 0.717) is 0 Å². The fourth-order valence-electron chi connectivity index (χ4n) is 1.08. The molecule has 82 valence electrons. The zero-order chi connectivity index (χ0) is 11.1. The fraction of sp³-hybridized carbons (Fsp3) is 0.375. The van der Waals surface area contributed by atoms with Gasteiger partial charge >= 0.3 is 0 Å². The van der Waals surface area contributed by atoms with Gasteiger partial charge in [-0.05, 0) is 12.8 Å². The van der Waals surface area contributed by atoms with Gasteiger partial charge in [-0.3, -0.25) is 4.79 Å². The summed E-state index contributed by atoms with van der Waals surface area (Å²) in [5.41, 5.74) is 4.94. The van der Waals surface area contributed by atoms with Gasteiger partial charge < -0.3 is 10.2 Å². The van der Waals surface area contributed by atoms with Crippen molar-refractivity contribution in [2.24, 2.45) is 5.73 Å². The first-order valence-corrected chi connectivity index (χ1v) is 5.88. The number of hydrogen-bond acceptors (Lipinski definition) is 4. The van der Waals surface area contributed by atoms with Crippen molar-refractivity contribution >= 4 is 15.9 Å². The molecular weight excluding hydrogens is 220 g/mol. The van der Waals surface area contributed by atoms with Crippen LogP contribution in [-0.2, 0) is 10.0 Å². The number of hydrogen-bond donors (Lipinski definition) is 2. The third kappa shape index (κ3) is 2.18. The number of amides is 1. The lowest BCUT2D eigenvalue weighted by Gasteiger charge is -2.00. The van der Waals surface area contributed by atoms with E-state index in [4.69, 9.17) is 10.2 Å². The molecule has 15 heavy (non-hydrogen) atoms. The van der Waals surface area contributed by atoms with Crippen molar-refractivity contribution in [3.63, 3.8) is 0 Å². The Morgan fingerprint density at radius 2 is 2.20 bits per heavy atom. The average Bonchev–Trinajstić information content (AvgIpc) is 2.80. The highest BCUT2D eigenvalue weighted by molar-refractivity contribution is 7.89. The van der Waals surface area contributed by atoms with Crippen molar-refractivity contribution in [3.05, 3.63) is 18.1 Å². The van der Waals surface area contributed by atoms with E-state index in [-0.39, 0.29) is 16.7 Å². The monoisotopic (exact) mass is 230 g/mol. The van der Waals surface area contributed by atoms with Crippen molar-refractivity contribution in [2.75, 3.05) is 0 Å². The molecule has 1 aliphatic carbocycles. The van der Waals surface area contributed by atoms with E-state index in [0.717, 1.165) is 25.2 Å². The second-order valence-electron chi connectivity index (χ2n) is 3.41. The van der Waals surface area contributed by atoms with Crippen LogP contribution in [0, 0.1) is 0 Å². The molecule has 7 heteroatoms. The maximum Gasteiger partial charge on any atom is 0.284 e. The summed E-state index contributed by atoms with van der Waals surface area (Å²) in [7, 11) is -3.56. The summed E-state index contributed by atoms with van der Waals surface area (Å²) in [4.78, 5) is 10.6. The van der Waals surface area contributed by atoms with Crippen LogP contribution in [0.1, 0.15) is 23.4 Å². The Bertz CT molecular complexity index is 486. The molecular formula is C8H10N2O4S. The number of nitrogens with two attached hydrogens (primary N) is 1. The first-order valence-electron chi connectivity index (χ1n) is 4.40. The van der Waals surface area contributed by atoms with Gasteiger partial charge in [0.25, 0.3) is 5.91 Å². The van der Waals surface area contributed by atoms with Crippen LogP contribution in [0.15, 0.2) is 21.6 Å². The van der Waals surface area contributed by atoms with Gasteiger partial charge in [0, 0.05) is 12.1 Å². The Morgan fingerprint density at radius 3 is 2.67 bits per heavy atom. The highest BCUT2D eigenvalue weighted by Crippen LogP contribution is 2.22. The molecule has 1 amide bonds. The van der Waals surface area contributed by atoms with Crippen molar-refractivity contribution in [2.45, 2.75) is 23.8 Å². The molecule has 1 aromatic rings. The number of primary amides is 1. The van der Waals surface area contributed by atoms with Gasteiger partial charge in [0.1, 0.15) is 11.2 Å². The van der Waals surface area contributed by atoms with Gasteiger partial charge in [-0.25, -0.2) is 13.1 Å². The fourth-order valence-corrected chi connectivity index (χ4v) is 2.33. The lowest BCUT2D eigenvalue weighted by Crippen LogP contribution is -2.25. The number of sulfonamides is 1. The molecule has 0 aromatic carbocycles. The molecule has 1 aromatic heterocycles. The molecule has 0 radical (unpaired) electrons. The number of furan rings is 1. The summed E-state index contributed by atoms with van der Waals surface area (Å²) < 4.78 is 30.4. The van der Waals surface area contributed by atoms with Crippen LogP contribution in [0.5, 0.6) is 0 Å². The van der Waals surface area contributed by atoms with Crippen molar-refractivity contribution in [1.29, 1.82) is 0 Å². The van der Waals surface area contributed by atoms with Crippen molar-refractivity contribution < 1.29 is 17.6 Å². The number of carbonyl (C=O) groups is 1. The Kier molecular flexibility index (Phi) is 2.28. The minimum absolute atomic E-state index is 0.0157. The standard InChI is InChI=1S/C8H10N2O4S/c9-8(11)7-3-6(4-14-7)15(12,13)10-5-1-2-5/h3-5,10H,1-2H2,(H2,9,11). The van der Waals surface area contributed by atoms with Crippen LogP contribution in [0.4, 0.5) is 0 Å². The SMILES string of the molecule is NC(=O)c1cc(S(=O)(=O)NC2CC2)co1. The van der Waals surface area contributed by atoms with E-state index in [2.05, 4.69) is 4.72 Å². The lowest BCUT2D eigenvalue weighted by molar-refractivity contribution is 0.0974. The molecule has 1 heterocycles. The van der Waals surface area contributed by atoms with Crippen LogP contribution in [-0.4, -0.2) is 20.4 Å². The zero-order valence-electron chi connectivity index (χ0n) is 7.76. The zero-order valence-corrected chi connectivity index (χ0v) is 8.58. The van der Waals surface area contributed by atoms with Crippen molar-refractivity contribution in [1.82, 2.24) is 4.72 Å². The Hall–Kier alpha value is -1.34. The lowest BCUT2D eigenvalue weighted by atomic mass is 10.4. The number of carbonyl (C=O) groups excluding carboxylic acids is 1. The van der Waals surface area contributed by atoms with Crippen molar-refractivity contribution in [3.8, 4) is 0 Å². The molecule has 0 saturated heterocycles. The van der Waals surface area contributed by atoms with Gasteiger partial charge in [0.2, 0.25) is 10.0 Å². The Labute approximate surface area is 86.5 Å². The molecule has 0 spiro atoms. The molecule has 0 unspecified atom stereocenters. The maximum absolute atomic E-state index is 11.6. The molecule has 1 fully saturated rings. The van der Waals surface area contributed by atoms with Gasteiger partial charge in [-0.2, -0.15) is 0 Å². The second-order valence-corrected chi connectivity index (χ2v) is 5.12. The Balaban J connectivity index is 2.23. The van der Waals surface area contributed by atoms with Gasteiger partial charge in [0.05, 0.1) is 0 Å². The number of nitrogens with one attached hydrogen (secondary N) is 1. The smallest absolute Gasteiger partial charge is 0.284 e. The molecule has 1 saturated carbocycles. The molecule has 0 aliphatic heterocycles. The third-order valence-electron chi connectivity index (χ3n) is 2.03. The molecule has 3 N–H and O–H groups in total. The normalized spacial score (nSPS) is 16.5. The first-order chi connectivity index (χ1) is 6.99. The predicted molar refractivity (Wildman–Crippen MR) is 50.6 cm³/mol. The summed E-state index contributed by atoms with van der Waals surface area (Å²) in [6, 6.07) is 1.13. The van der Waals surface area contributed by atoms with Crippen LogP contribution < -0.4 is 10.5 Å². The van der Waals surface area contributed by atoms with E-state index in [1.807, 2.05) is 0 Å². The predicted octanol–water partition coefficient (Wildman–Crippen LogP) is -0.181. The van der Waals surface area contributed by atoms with Crippen LogP contribution in [0.2, 0.25) is 0 Å². The molecule has 2 rings (SSSR count). The van der Waals surface area contributed by atoms with Crippen LogP contribution >= 0.6 is 0 Å². The minimum Gasteiger partial charge on any atom is -0.458 e. The summed E-state index contributed by atoms with van der Waals surface area (Å²) in [6.45, 7) is 0. The number of rotatable bonds is 4. The molecule has 0 atom stereocenters. The van der Waals surface area contributed by atoms with E-state index < -0.39 is 15.9 Å². The second kappa shape index (κ2) is 3.35. The topological polar surface area (TPSA) is 102 Å². The molecule has 6 nitrogen and oxygen atoms in total. The van der Waals surface area contributed by atoms with Gasteiger partial charge in [-0.15, -0.1) is 0 Å². The van der Waals surface area contributed by atoms with Gasteiger partial charge in [-0.1, -0.05) is 0 Å². The summed E-state index contributed by atoms with van der Waals surface area (Å²) in [5, 5.41) is 0. The minimum atomic E-state index is -3.56. The summed E-state index contributed by atoms with van der Waals surface area (Å²) in [6.07, 6.45) is 2.70. The average molecular weight is 230 g/mol. The van der Waals surface area contributed by atoms with E-state index >= 15 is 0 Å². The van der Waals surface area contributed by atoms with Gasteiger partial charge in [0.15, 0.2) is 5.76 Å². The molecule has 1 aliphatic rings. The van der Waals surface area contributed by atoms with Crippen LogP contribution in [0.25, 0.3) is 0 Å². The quantitative estimate of drug-likeness (QED) is 0.748. The maximum atomic E-state index is 11.6. The Morgan fingerprint density at radius 1 is 1.53 bits per heavy atom. The highest BCUT2D eigenvalue weighted by Gasteiger charge is 2.29.